The Hall–Kier alpha value is -2.70. The van der Waals surface area contributed by atoms with Gasteiger partial charge in [-0.15, -0.1) is 5.06 Å². The van der Waals surface area contributed by atoms with Crippen LogP contribution in [0, 0.1) is 10.1 Å². The monoisotopic (exact) mass is 368 g/mol. The highest BCUT2D eigenvalue weighted by atomic mass is 16.7. The Kier molecular flexibility index (Phi) is 5.30. The van der Waals surface area contributed by atoms with Crippen molar-refractivity contribution < 1.29 is 14.5 Å². The van der Waals surface area contributed by atoms with E-state index in [1.165, 1.54) is 12.1 Å². The van der Waals surface area contributed by atoms with Gasteiger partial charge < -0.3 is 9.57 Å². The fraction of sp³-hybridized carbons (Fsp3) is 0.333. The van der Waals surface area contributed by atoms with Crippen molar-refractivity contribution in [2.45, 2.75) is 32.4 Å². The lowest BCUT2D eigenvalue weighted by molar-refractivity contribution is -0.384. The topological polar surface area (TPSA) is 64.8 Å². The van der Waals surface area contributed by atoms with Gasteiger partial charge in [0, 0.05) is 35.9 Å². The van der Waals surface area contributed by atoms with E-state index in [1.807, 2.05) is 35.4 Å². The van der Waals surface area contributed by atoms with E-state index in [2.05, 4.69) is 20.8 Å². The van der Waals surface area contributed by atoms with Crippen LogP contribution in [0.3, 0.4) is 0 Å². The van der Waals surface area contributed by atoms with Crippen molar-refractivity contribution in [2.75, 3.05) is 13.7 Å². The van der Waals surface area contributed by atoms with Crippen molar-refractivity contribution in [2.24, 2.45) is 0 Å². The van der Waals surface area contributed by atoms with E-state index in [0.29, 0.717) is 6.61 Å². The van der Waals surface area contributed by atoms with Crippen molar-refractivity contribution >= 4 is 11.4 Å². The molecule has 6 nitrogen and oxygen atoms in total. The van der Waals surface area contributed by atoms with Crippen LogP contribution in [0.2, 0.25) is 0 Å². The summed E-state index contributed by atoms with van der Waals surface area (Å²) in [6, 6.07) is 16.3. The lowest BCUT2D eigenvalue weighted by Crippen LogP contribution is -2.41. The maximum absolute atomic E-state index is 11.0. The molecular formula is C21H24N2O4. The van der Waals surface area contributed by atoms with E-state index in [9.17, 15) is 10.1 Å². The Morgan fingerprint density at radius 3 is 2.26 bits per heavy atom. The summed E-state index contributed by atoms with van der Waals surface area (Å²) in [5, 5.41) is 12.9. The van der Waals surface area contributed by atoms with Crippen molar-refractivity contribution in [1.29, 1.82) is 0 Å². The van der Waals surface area contributed by atoms with Gasteiger partial charge in [0.05, 0.1) is 17.6 Å². The van der Waals surface area contributed by atoms with Gasteiger partial charge in [0.2, 0.25) is 0 Å². The molecule has 0 bridgehead atoms. The van der Waals surface area contributed by atoms with Crippen LogP contribution in [-0.4, -0.2) is 29.2 Å². The van der Waals surface area contributed by atoms with Crippen LogP contribution in [0.5, 0.6) is 0 Å². The number of nitrogens with zero attached hydrogens (tertiary/aromatic N) is 2. The van der Waals surface area contributed by atoms with Crippen LogP contribution >= 0.6 is 0 Å². The molecule has 0 fully saturated rings. The molecule has 1 unspecified atom stereocenters. The predicted molar refractivity (Wildman–Crippen MR) is 104 cm³/mol. The van der Waals surface area contributed by atoms with Gasteiger partial charge in [0.1, 0.15) is 0 Å². The predicted octanol–water partition coefficient (Wildman–Crippen LogP) is 4.74. The Balaban J connectivity index is 2.12. The van der Waals surface area contributed by atoms with Crippen molar-refractivity contribution in [3.8, 4) is 0 Å². The minimum Gasteiger partial charge on any atom is -0.404 e. The molecule has 0 radical (unpaired) electrons. The molecule has 1 atom stereocenters. The number of hydrogen-bond acceptors (Lipinski definition) is 5. The van der Waals surface area contributed by atoms with Crippen LogP contribution in [0.15, 0.2) is 60.2 Å². The summed E-state index contributed by atoms with van der Waals surface area (Å²) in [6.07, 6.45) is 0. The molecule has 0 aliphatic carbocycles. The lowest BCUT2D eigenvalue weighted by atomic mass is 9.94. The molecular weight excluding hydrogens is 344 g/mol. The number of nitro groups is 1. The molecule has 3 rings (SSSR count). The van der Waals surface area contributed by atoms with Gasteiger partial charge in [-0.05, 0) is 26.3 Å². The second kappa shape index (κ2) is 7.50. The zero-order chi connectivity index (χ0) is 19.6. The number of hydrogen-bond donors (Lipinski definition) is 0. The molecule has 27 heavy (non-hydrogen) atoms. The van der Waals surface area contributed by atoms with E-state index < -0.39 is 4.92 Å². The SMILES string of the molecule is COCC1=C(c2ccccc2)ON(C(C)(C)C)C1c1ccc([N+](=O)[O-])cc1. The summed E-state index contributed by atoms with van der Waals surface area (Å²) in [5.41, 5.74) is 2.67. The molecule has 0 spiro atoms. The van der Waals surface area contributed by atoms with Gasteiger partial charge in [-0.1, -0.05) is 42.5 Å². The van der Waals surface area contributed by atoms with Crippen LogP contribution in [-0.2, 0) is 9.57 Å². The largest absolute Gasteiger partial charge is 0.404 e. The Bertz CT molecular complexity index is 839. The highest BCUT2D eigenvalue weighted by molar-refractivity contribution is 5.67. The smallest absolute Gasteiger partial charge is 0.269 e. The molecule has 1 aliphatic rings. The van der Waals surface area contributed by atoms with E-state index >= 15 is 0 Å². The van der Waals surface area contributed by atoms with E-state index in [-0.39, 0.29) is 17.3 Å². The number of nitro benzene ring substituents is 1. The standard InChI is InChI=1S/C21H24N2O4/c1-21(2,3)22-19(15-10-12-17(13-11-15)23(24)25)18(14-26-4)20(27-22)16-8-6-5-7-9-16/h5-13,19H,14H2,1-4H3. The summed E-state index contributed by atoms with van der Waals surface area (Å²) in [4.78, 5) is 16.9. The first kappa shape index (κ1) is 19.1. The van der Waals surface area contributed by atoms with Gasteiger partial charge in [-0.2, -0.15) is 0 Å². The zero-order valence-corrected chi connectivity index (χ0v) is 16.0. The number of rotatable bonds is 5. The van der Waals surface area contributed by atoms with Crippen LogP contribution in [0.1, 0.15) is 37.9 Å². The number of ether oxygens (including phenoxy) is 1. The third-order valence-corrected chi connectivity index (χ3v) is 4.46. The summed E-state index contributed by atoms with van der Waals surface area (Å²) in [5.74, 6) is 0.774. The van der Waals surface area contributed by atoms with Gasteiger partial charge in [-0.25, -0.2) is 0 Å². The molecule has 0 saturated heterocycles. The molecule has 0 amide bonds. The Labute approximate surface area is 159 Å². The number of methoxy groups -OCH3 is 1. The molecule has 2 aromatic carbocycles. The lowest BCUT2D eigenvalue weighted by Gasteiger charge is -2.36. The number of benzene rings is 2. The molecule has 0 N–H and O–H groups in total. The van der Waals surface area contributed by atoms with Crippen molar-refractivity contribution in [1.82, 2.24) is 5.06 Å². The first-order chi connectivity index (χ1) is 12.8. The quantitative estimate of drug-likeness (QED) is 0.563. The Morgan fingerprint density at radius 2 is 1.74 bits per heavy atom. The van der Waals surface area contributed by atoms with E-state index in [1.54, 1.807) is 19.2 Å². The zero-order valence-electron chi connectivity index (χ0n) is 16.0. The maximum atomic E-state index is 11.0. The third kappa shape index (κ3) is 3.86. The molecule has 142 valence electrons. The summed E-state index contributed by atoms with van der Waals surface area (Å²) in [7, 11) is 1.66. The molecule has 1 aliphatic heterocycles. The molecule has 2 aromatic rings. The first-order valence-electron chi connectivity index (χ1n) is 8.82. The Morgan fingerprint density at radius 1 is 1.11 bits per heavy atom. The van der Waals surface area contributed by atoms with Crippen LogP contribution < -0.4 is 0 Å². The summed E-state index contributed by atoms with van der Waals surface area (Å²) < 4.78 is 5.48. The number of hydroxylamine groups is 2. The van der Waals surface area contributed by atoms with E-state index in [4.69, 9.17) is 9.57 Å². The van der Waals surface area contributed by atoms with Crippen molar-refractivity contribution in [3.05, 3.63) is 81.4 Å². The molecule has 1 heterocycles. The summed E-state index contributed by atoms with van der Waals surface area (Å²) in [6.45, 7) is 6.62. The number of non-ortho nitro benzene ring substituents is 1. The van der Waals surface area contributed by atoms with Crippen LogP contribution in [0.4, 0.5) is 5.69 Å². The maximum Gasteiger partial charge on any atom is 0.269 e. The molecule has 6 heteroatoms. The summed E-state index contributed by atoms with van der Waals surface area (Å²) >= 11 is 0. The fourth-order valence-corrected chi connectivity index (χ4v) is 3.24. The second-order valence-corrected chi connectivity index (χ2v) is 7.49. The first-order valence-corrected chi connectivity index (χ1v) is 8.82. The molecule has 0 saturated carbocycles. The minimum absolute atomic E-state index is 0.0699. The minimum atomic E-state index is -0.391. The van der Waals surface area contributed by atoms with Crippen LogP contribution in [0.25, 0.3) is 5.76 Å². The average molecular weight is 368 g/mol. The normalized spacial score (nSPS) is 17.9. The second-order valence-electron chi connectivity index (χ2n) is 7.49. The molecule has 0 aromatic heterocycles. The van der Waals surface area contributed by atoms with Gasteiger partial charge in [0.15, 0.2) is 5.76 Å². The van der Waals surface area contributed by atoms with Gasteiger partial charge >= 0.3 is 0 Å². The average Bonchev–Trinajstić information content (AvgIpc) is 3.02. The van der Waals surface area contributed by atoms with Gasteiger partial charge in [0.25, 0.3) is 5.69 Å². The fourth-order valence-electron chi connectivity index (χ4n) is 3.24. The highest BCUT2D eigenvalue weighted by Gasteiger charge is 2.42. The van der Waals surface area contributed by atoms with E-state index in [0.717, 1.165) is 22.5 Å². The third-order valence-electron chi connectivity index (χ3n) is 4.46. The van der Waals surface area contributed by atoms with Crippen molar-refractivity contribution in [3.63, 3.8) is 0 Å². The van der Waals surface area contributed by atoms with Gasteiger partial charge in [-0.3, -0.25) is 10.1 Å². The highest BCUT2D eigenvalue weighted by Crippen LogP contribution is 2.45.